The molecular formula is C8H12Cl2N4. The monoisotopic (exact) mass is 234 g/mol. The molecule has 0 atom stereocenters. The van der Waals surface area contributed by atoms with Crippen molar-refractivity contribution in [3.8, 4) is 0 Å². The molecule has 1 aromatic heterocycles. The van der Waals surface area contributed by atoms with Crippen LogP contribution in [0.3, 0.4) is 0 Å². The fourth-order valence-corrected chi connectivity index (χ4v) is 1.24. The molecule has 0 aliphatic carbocycles. The Hall–Kier alpha value is -0.610. The van der Waals surface area contributed by atoms with E-state index in [1.54, 1.807) is 0 Å². The number of anilines is 1. The zero-order valence-electron chi connectivity index (χ0n) is 8.09. The number of rotatable bonds is 4. The average molecular weight is 235 g/mol. The zero-order valence-corrected chi connectivity index (χ0v) is 9.60. The summed E-state index contributed by atoms with van der Waals surface area (Å²) in [6, 6.07) is 0. The van der Waals surface area contributed by atoms with E-state index in [-0.39, 0.29) is 10.6 Å². The molecule has 0 aliphatic rings. The highest BCUT2D eigenvalue weighted by Crippen LogP contribution is 2.09. The summed E-state index contributed by atoms with van der Waals surface area (Å²) in [7, 11) is 0. The SMILES string of the molecule is CC(C)CCNc1nc(Cl)nc(Cl)n1. The molecule has 0 saturated heterocycles. The van der Waals surface area contributed by atoms with E-state index < -0.39 is 0 Å². The van der Waals surface area contributed by atoms with E-state index in [1.165, 1.54) is 0 Å². The molecular weight excluding hydrogens is 223 g/mol. The molecule has 1 N–H and O–H groups in total. The van der Waals surface area contributed by atoms with Gasteiger partial charge in [0.25, 0.3) is 0 Å². The lowest BCUT2D eigenvalue weighted by Crippen LogP contribution is -2.08. The molecule has 1 heterocycles. The lowest BCUT2D eigenvalue weighted by molar-refractivity contribution is 0.605. The van der Waals surface area contributed by atoms with E-state index in [0.717, 1.165) is 13.0 Å². The van der Waals surface area contributed by atoms with Crippen molar-refractivity contribution < 1.29 is 0 Å². The van der Waals surface area contributed by atoms with Crippen LogP contribution in [0.2, 0.25) is 10.6 Å². The fraction of sp³-hybridized carbons (Fsp3) is 0.625. The van der Waals surface area contributed by atoms with Gasteiger partial charge in [-0.05, 0) is 35.5 Å². The van der Waals surface area contributed by atoms with Crippen LogP contribution in [0.1, 0.15) is 20.3 Å². The van der Waals surface area contributed by atoms with Gasteiger partial charge in [-0.1, -0.05) is 13.8 Å². The maximum absolute atomic E-state index is 5.60. The van der Waals surface area contributed by atoms with Gasteiger partial charge in [-0.25, -0.2) is 0 Å². The van der Waals surface area contributed by atoms with Crippen molar-refractivity contribution in [2.45, 2.75) is 20.3 Å². The first kappa shape index (κ1) is 11.5. The molecule has 0 amide bonds. The van der Waals surface area contributed by atoms with Gasteiger partial charge in [-0.3, -0.25) is 0 Å². The minimum absolute atomic E-state index is 0.108. The van der Waals surface area contributed by atoms with Crippen molar-refractivity contribution in [3.63, 3.8) is 0 Å². The topological polar surface area (TPSA) is 50.7 Å². The zero-order chi connectivity index (χ0) is 10.6. The van der Waals surface area contributed by atoms with Crippen molar-refractivity contribution in [2.75, 3.05) is 11.9 Å². The second kappa shape index (κ2) is 5.32. The van der Waals surface area contributed by atoms with Gasteiger partial charge in [0, 0.05) is 6.54 Å². The van der Waals surface area contributed by atoms with Crippen LogP contribution < -0.4 is 5.32 Å². The molecule has 0 aliphatic heterocycles. The second-order valence-corrected chi connectivity index (χ2v) is 3.98. The van der Waals surface area contributed by atoms with Crippen molar-refractivity contribution in [3.05, 3.63) is 10.6 Å². The lowest BCUT2D eigenvalue weighted by atomic mass is 10.1. The number of hydrogen-bond acceptors (Lipinski definition) is 4. The summed E-state index contributed by atoms with van der Waals surface area (Å²) in [6.07, 6.45) is 1.04. The Morgan fingerprint density at radius 3 is 2.21 bits per heavy atom. The van der Waals surface area contributed by atoms with Crippen molar-refractivity contribution >= 4 is 29.2 Å². The Morgan fingerprint density at radius 1 is 1.14 bits per heavy atom. The van der Waals surface area contributed by atoms with Crippen LogP contribution in [0.25, 0.3) is 0 Å². The molecule has 1 rings (SSSR count). The van der Waals surface area contributed by atoms with E-state index in [1.807, 2.05) is 0 Å². The summed E-state index contributed by atoms with van der Waals surface area (Å²) in [5, 5.41) is 3.24. The van der Waals surface area contributed by atoms with Gasteiger partial charge < -0.3 is 5.32 Å². The van der Waals surface area contributed by atoms with Gasteiger partial charge in [0.1, 0.15) is 0 Å². The summed E-state index contributed by atoms with van der Waals surface area (Å²) < 4.78 is 0. The number of halogens is 2. The molecule has 0 unspecified atom stereocenters. The predicted molar refractivity (Wildman–Crippen MR) is 57.8 cm³/mol. The molecule has 0 spiro atoms. The summed E-state index contributed by atoms with van der Waals surface area (Å²) in [5.41, 5.74) is 0. The molecule has 0 saturated carbocycles. The summed E-state index contributed by atoms with van der Waals surface area (Å²) in [5.74, 6) is 1.06. The van der Waals surface area contributed by atoms with E-state index in [9.17, 15) is 0 Å². The standard InChI is InChI=1S/C8H12Cl2N4/c1-5(2)3-4-11-8-13-6(9)12-7(10)14-8/h5H,3-4H2,1-2H3,(H,11,12,13,14). The molecule has 6 heteroatoms. The summed E-state index contributed by atoms with van der Waals surface area (Å²) in [6.45, 7) is 5.10. The Morgan fingerprint density at radius 2 is 1.71 bits per heavy atom. The minimum atomic E-state index is 0.108. The van der Waals surface area contributed by atoms with Crippen molar-refractivity contribution in [2.24, 2.45) is 5.92 Å². The summed E-state index contributed by atoms with van der Waals surface area (Å²) >= 11 is 11.2. The first-order valence-corrected chi connectivity index (χ1v) is 5.14. The summed E-state index contributed by atoms with van der Waals surface area (Å²) in [4.78, 5) is 11.4. The van der Waals surface area contributed by atoms with Crippen LogP contribution in [0.15, 0.2) is 0 Å². The predicted octanol–water partition coefficient (Wildman–Crippen LogP) is 2.64. The highest BCUT2D eigenvalue weighted by Gasteiger charge is 2.02. The third-order valence-corrected chi connectivity index (χ3v) is 1.92. The molecule has 0 bridgehead atoms. The maximum atomic E-state index is 5.60. The van der Waals surface area contributed by atoms with Crippen LogP contribution in [-0.2, 0) is 0 Å². The molecule has 78 valence electrons. The third-order valence-electron chi connectivity index (χ3n) is 1.59. The first-order valence-electron chi connectivity index (χ1n) is 4.39. The first-order chi connectivity index (χ1) is 6.58. The molecule has 4 nitrogen and oxygen atoms in total. The Balaban J connectivity index is 2.50. The van der Waals surface area contributed by atoms with Gasteiger partial charge in [0.05, 0.1) is 0 Å². The van der Waals surface area contributed by atoms with Crippen LogP contribution in [-0.4, -0.2) is 21.5 Å². The minimum Gasteiger partial charge on any atom is -0.354 e. The molecule has 0 fully saturated rings. The van der Waals surface area contributed by atoms with E-state index in [4.69, 9.17) is 23.2 Å². The van der Waals surface area contributed by atoms with Gasteiger partial charge in [-0.2, -0.15) is 15.0 Å². The van der Waals surface area contributed by atoms with Crippen LogP contribution in [0.4, 0.5) is 5.95 Å². The second-order valence-electron chi connectivity index (χ2n) is 3.31. The fourth-order valence-electron chi connectivity index (χ4n) is 0.878. The molecule has 1 aromatic rings. The van der Waals surface area contributed by atoms with Crippen molar-refractivity contribution in [1.29, 1.82) is 0 Å². The molecule has 14 heavy (non-hydrogen) atoms. The van der Waals surface area contributed by atoms with E-state index >= 15 is 0 Å². The average Bonchev–Trinajstić information content (AvgIpc) is 2.01. The van der Waals surface area contributed by atoms with Crippen LogP contribution >= 0.6 is 23.2 Å². The van der Waals surface area contributed by atoms with Crippen LogP contribution in [0.5, 0.6) is 0 Å². The van der Waals surface area contributed by atoms with Gasteiger partial charge in [0.15, 0.2) is 0 Å². The lowest BCUT2D eigenvalue weighted by Gasteiger charge is -2.06. The normalized spacial score (nSPS) is 10.6. The highest BCUT2D eigenvalue weighted by atomic mass is 35.5. The number of nitrogens with one attached hydrogen (secondary N) is 1. The number of aromatic nitrogens is 3. The Bertz CT molecular complexity index is 283. The molecule has 0 radical (unpaired) electrons. The Kier molecular flexibility index (Phi) is 4.35. The van der Waals surface area contributed by atoms with Crippen LogP contribution in [0, 0.1) is 5.92 Å². The van der Waals surface area contributed by atoms with Gasteiger partial charge in [-0.15, -0.1) is 0 Å². The third kappa shape index (κ3) is 4.07. The largest absolute Gasteiger partial charge is 0.354 e. The number of hydrogen-bond donors (Lipinski definition) is 1. The van der Waals surface area contributed by atoms with Gasteiger partial charge in [0.2, 0.25) is 16.5 Å². The quantitative estimate of drug-likeness (QED) is 0.871. The maximum Gasteiger partial charge on any atom is 0.228 e. The number of nitrogens with zero attached hydrogens (tertiary/aromatic N) is 3. The van der Waals surface area contributed by atoms with E-state index in [0.29, 0.717) is 11.9 Å². The molecule has 0 aromatic carbocycles. The Labute approximate surface area is 93.1 Å². The van der Waals surface area contributed by atoms with Gasteiger partial charge >= 0.3 is 0 Å². The smallest absolute Gasteiger partial charge is 0.228 e. The van der Waals surface area contributed by atoms with E-state index in [2.05, 4.69) is 34.1 Å². The van der Waals surface area contributed by atoms with Crippen molar-refractivity contribution in [1.82, 2.24) is 15.0 Å². The highest BCUT2D eigenvalue weighted by molar-refractivity contribution is 6.31.